The summed E-state index contributed by atoms with van der Waals surface area (Å²) in [6.07, 6.45) is 1.71. The molecular weight excluding hydrogens is 466 g/mol. The van der Waals surface area contributed by atoms with Crippen LogP contribution in [0.2, 0.25) is 0 Å². The van der Waals surface area contributed by atoms with Crippen LogP contribution >= 0.6 is 0 Å². The molecule has 0 saturated carbocycles. The Kier molecular flexibility index (Phi) is 11.4. The smallest absolute Gasteiger partial charge is 0.336 e. The Morgan fingerprint density at radius 2 is 1.67 bits per heavy atom. The maximum Gasteiger partial charge on any atom is 0.336 e. The third-order valence-electron chi connectivity index (χ3n) is 4.88. The topological polar surface area (TPSA) is 98.5 Å². The zero-order valence-electron chi connectivity index (χ0n) is 21.0. The first-order chi connectivity index (χ1) is 17.6. The molecule has 194 valence electrons. The minimum atomic E-state index is -0.449. The van der Waals surface area contributed by atoms with Gasteiger partial charge in [-0.15, -0.1) is 0 Å². The molecule has 0 atom stereocenters. The van der Waals surface area contributed by atoms with Gasteiger partial charge in [0.15, 0.2) is 5.58 Å². The Bertz CT molecular complexity index is 1110. The second-order valence-corrected chi connectivity index (χ2v) is 7.49. The van der Waals surface area contributed by atoms with Crippen LogP contribution < -0.4 is 4.74 Å². The molecule has 0 aliphatic carbocycles. The lowest BCUT2D eigenvalue weighted by atomic mass is 10.1. The number of oxazole rings is 1. The molecule has 1 heterocycles. The van der Waals surface area contributed by atoms with Crippen molar-refractivity contribution in [2.75, 3.05) is 52.9 Å². The second-order valence-electron chi connectivity index (χ2n) is 7.49. The first-order valence-corrected chi connectivity index (χ1v) is 12.1. The third-order valence-corrected chi connectivity index (χ3v) is 4.88. The standard InChI is InChI=1S/C27H33NO8/c1-4-30-13-14-31-15-16-33-23-11-12-24-25(18-23)36-26(28-24)21-9-7-20(8-10-21)17-22(19-35-34-6-3)27(29)32-5-2/h7-12,17-18H,4-6,13-16,19H2,1-3H3/b22-17+. The van der Waals surface area contributed by atoms with Crippen LogP contribution in [0.25, 0.3) is 28.6 Å². The fraction of sp³-hybridized carbons (Fsp3) is 0.407. The van der Waals surface area contributed by atoms with Crippen molar-refractivity contribution in [3.8, 4) is 17.2 Å². The highest BCUT2D eigenvalue weighted by Gasteiger charge is 2.13. The van der Waals surface area contributed by atoms with E-state index in [0.29, 0.717) is 62.4 Å². The summed E-state index contributed by atoms with van der Waals surface area (Å²) in [5, 5.41) is 0. The van der Waals surface area contributed by atoms with Gasteiger partial charge in [-0.3, -0.25) is 0 Å². The van der Waals surface area contributed by atoms with Gasteiger partial charge in [0.05, 0.1) is 38.6 Å². The highest BCUT2D eigenvalue weighted by atomic mass is 17.2. The average molecular weight is 500 g/mol. The summed E-state index contributed by atoms with van der Waals surface area (Å²) >= 11 is 0. The molecule has 0 bridgehead atoms. The number of fused-ring (bicyclic) bond motifs is 1. The number of nitrogens with zero attached hydrogens (tertiary/aromatic N) is 1. The normalized spacial score (nSPS) is 11.7. The van der Waals surface area contributed by atoms with Gasteiger partial charge in [-0.25, -0.2) is 19.6 Å². The Morgan fingerprint density at radius 1 is 0.889 bits per heavy atom. The van der Waals surface area contributed by atoms with E-state index >= 15 is 0 Å². The summed E-state index contributed by atoms with van der Waals surface area (Å²) in [7, 11) is 0. The van der Waals surface area contributed by atoms with Gasteiger partial charge in [0.25, 0.3) is 0 Å². The van der Waals surface area contributed by atoms with E-state index in [1.807, 2.05) is 49.4 Å². The molecule has 36 heavy (non-hydrogen) atoms. The van der Waals surface area contributed by atoms with Gasteiger partial charge in [-0.2, -0.15) is 0 Å². The number of carbonyl (C=O) groups is 1. The van der Waals surface area contributed by atoms with E-state index in [-0.39, 0.29) is 13.2 Å². The van der Waals surface area contributed by atoms with Crippen molar-refractivity contribution < 1.29 is 37.9 Å². The van der Waals surface area contributed by atoms with E-state index in [0.717, 1.165) is 16.6 Å². The molecule has 0 N–H and O–H groups in total. The summed E-state index contributed by atoms with van der Waals surface area (Å²) in [6, 6.07) is 13.0. The molecule has 3 rings (SSSR count). The second kappa shape index (κ2) is 15.0. The summed E-state index contributed by atoms with van der Waals surface area (Å²) in [4.78, 5) is 26.7. The summed E-state index contributed by atoms with van der Waals surface area (Å²) in [5.41, 5.74) is 3.31. The van der Waals surface area contributed by atoms with Gasteiger partial charge in [-0.05, 0) is 56.7 Å². The fourth-order valence-electron chi connectivity index (χ4n) is 3.20. The Balaban J connectivity index is 1.63. The van der Waals surface area contributed by atoms with Crippen molar-refractivity contribution in [2.24, 2.45) is 0 Å². The van der Waals surface area contributed by atoms with Crippen LogP contribution in [0.3, 0.4) is 0 Å². The largest absolute Gasteiger partial charge is 0.491 e. The van der Waals surface area contributed by atoms with Crippen molar-refractivity contribution in [3.63, 3.8) is 0 Å². The van der Waals surface area contributed by atoms with E-state index in [2.05, 4.69) is 4.98 Å². The molecule has 1 aromatic heterocycles. The number of esters is 1. The molecule has 2 aromatic carbocycles. The molecule has 0 amide bonds. The van der Waals surface area contributed by atoms with Gasteiger partial charge in [0.2, 0.25) is 5.89 Å². The van der Waals surface area contributed by atoms with E-state index in [9.17, 15) is 4.79 Å². The third kappa shape index (κ3) is 8.46. The van der Waals surface area contributed by atoms with Gasteiger partial charge in [-0.1, -0.05) is 12.1 Å². The van der Waals surface area contributed by atoms with Crippen molar-refractivity contribution >= 4 is 23.1 Å². The molecule has 0 saturated heterocycles. The molecule has 9 nitrogen and oxygen atoms in total. The van der Waals surface area contributed by atoms with Gasteiger partial charge < -0.3 is 23.4 Å². The molecule has 0 unspecified atom stereocenters. The van der Waals surface area contributed by atoms with Crippen LogP contribution in [-0.2, 0) is 28.8 Å². The SMILES string of the molecule is CCOCCOCCOc1ccc2nc(-c3ccc(/C=C(\COOCC)C(=O)OCC)cc3)oc2c1. The molecule has 0 radical (unpaired) electrons. The van der Waals surface area contributed by atoms with Crippen LogP contribution in [0, 0.1) is 0 Å². The van der Waals surface area contributed by atoms with Crippen molar-refractivity contribution in [3.05, 3.63) is 53.6 Å². The first kappa shape index (κ1) is 27.3. The number of hydrogen-bond acceptors (Lipinski definition) is 9. The lowest BCUT2D eigenvalue weighted by molar-refractivity contribution is -0.284. The summed E-state index contributed by atoms with van der Waals surface area (Å²) in [6.45, 7) is 8.85. The van der Waals surface area contributed by atoms with E-state index in [4.69, 9.17) is 33.1 Å². The van der Waals surface area contributed by atoms with Gasteiger partial charge >= 0.3 is 5.97 Å². The van der Waals surface area contributed by atoms with E-state index in [1.54, 1.807) is 19.9 Å². The average Bonchev–Trinajstić information content (AvgIpc) is 3.32. The minimum Gasteiger partial charge on any atom is -0.491 e. The lowest BCUT2D eigenvalue weighted by Crippen LogP contribution is -2.13. The number of hydrogen-bond donors (Lipinski definition) is 0. The molecule has 0 fully saturated rings. The van der Waals surface area contributed by atoms with Crippen LogP contribution in [0.1, 0.15) is 26.3 Å². The van der Waals surface area contributed by atoms with Crippen LogP contribution in [0.5, 0.6) is 5.75 Å². The number of rotatable bonds is 16. The highest BCUT2D eigenvalue weighted by molar-refractivity contribution is 5.94. The number of ether oxygens (including phenoxy) is 4. The van der Waals surface area contributed by atoms with Crippen molar-refractivity contribution in [1.82, 2.24) is 4.98 Å². The van der Waals surface area contributed by atoms with Crippen LogP contribution in [-0.4, -0.2) is 63.8 Å². The zero-order chi connectivity index (χ0) is 25.6. The number of carbonyl (C=O) groups excluding carboxylic acids is 1. The molecule has 9 heteroatoms. The van der Waals surface area contributed by atoms with Crippen LogP contribution in [0.15, 0.2) is 52.5 Å². The van der Waals surface area contributed by atoms with Crippen LogP contribution in [0.4, 0.5) is 0 Å². The Morgan fingerprint density at radius 3 is 2.42 bits per heavy atom. The quantitative estimate of drug-likeness (QED) is 0.0901. The first-order valence-electron chi connectivity index (χ1n) is 12.1. The number of aromatic nitrogens is 1. The summed E-state index contributed by atoms with van der Waals surface area (Å²) in [5.74, 6) is 0.720. The van der Waals surface area contributed by atoms with Crippen molar-refractivity contribution in [1.29, 1.82) is 0 Å². The Hall–Kier alpha value is -3.24. The zero-order valence-corrected chi connectivity index (χ0v) is 21.0. The lowest BCUT2D eigenvalue weighted by Gasteiger charge is -2.07. The maximum absolute atomic E-state index is 12.2. The minimum absolute atomic E-state index is 0.0106. The van der Waals surface area contributed by atoms with Gasteiger partial charge in [0.1, 0.15) is 24.5 Å². The Labute approximate surface area is 210 Å². The van der Waals surface area contributed by atoms with E-state index < -0.39 is 5.97 Å². The van der Waals surface area contributed by atoms with E-state index in [1.165, 1.54) is 0 Å². The van der Waals surface area contributed by atoms with Crippen molar-refractivity contribution in [2.45, 2.75) is 20.8 Å². The maximum atomic E-state index is 12.2. The number of benzene rings is 2. The predicted octanol–water partition coefficient (Wildman–Crippen LogP) is 4.84. The molecule has 0 aliphatic rings. The molecule has 0 aliphatic heterocycles. The molecular formula is C27H33NO8. The highest BCUT2D eigenvalue weighted by Crippen LogP contribution is 2.27. The molecule has 3 aromatic rings. The fourth-order valence-corrected chi connectivity index (χ4v) is 3.20. The summed E-state index contributed by atoms with van der Waals surface area (Å²) < 4.78 is 27.5. The van der Waals surface area contributed by atoms with Gasteiger partial charge in [0, 0.05) is 18.2 Å². The molecule has 0 spiro atoms. The monoisotopic (exact) mass is 499 g/mol. The predicted molar refractivity (Wildman–Crippen MR) is 134 cm³/mol.